The monoisotopic (exact) mass is 169 g/mol. The molecular formula is C8H11NO3. The first-order valence-corrected chi connectivity index (χ1v) is 3.70. The van der Waals surface area contributed by atoms with Crippen molar-refractivity contribution in [3.63, 3.8) is 0 Å². The molecule has 1 amide bonds. The van der Waals surface area contributed by atoms with Crippen LogP contribution < -0.4 is 0 Å². The Morgan fingerprint density at radius 2 is 2.25 bits per heavy atom. The number of ketones is 1. The smallest absolute Gasteiger partial charge is 0.273 e. The lowest BCUT2D eigenvalue weighted by Crippen LogP contribution is -2.26. The fourth-order valence-corrected chi connectivity index (χ4v) is 1.05. The summed E-state index contributed by atoms with van der Waals surface area (Å²) in [6.07, 6.45) is 2.36. The van der Waals surface area contributed by atoms with E-state index >= 15 is 0 Å². The van der Waals surface area contributed by atoms with Crippen LogP contribution in [-0.4, -0.2) is 30.9 Å². The first-order valence-electron chi connectivity index (χ1n) is 3.70. The average Bonchev–Trinajstić information content (AvgIpc) is 2.49. The van der Waals surface area contributed by atoms with Gasteiger partial charge in [-0.15, -0.1) is 0 Å². The molecule has 0 aromatic carbocycles. The van der Waals surface area contributed by atoms with Gasteiger partial charge in [-0.25, -0.2) is 5.06 Å². The van der Waals surface area contributed by atoms with E-state index in [1.54, 1.807) is 0 Å². The summed E-state index contributed by atoms with van der Waals surface area (Å²) in [5, 5.41) is 1.12. The molecule has 0 heterocycles. The molecule has 0 radical (unpaired) electrons. The van der Waals surface area contributed by atoms with Crippen LogP contribution in [0, 0.1) is 0 Å². The first kappa shape index (κ1) is 8.93. The molecular weight excluding hydrogens is 158 g/mol. The summed E-state index contributed by atoms with van der Waals surface area (Å²) in [4.78, 5) is 26.8. The van der Waals surface area contributed by atoms with Gasteiger partial charge in [0, 0.05) is 19.0 Å². The minimum absolute atomic E-state index is 0.0165. The summed E-state index contributed by atoms with van der Waals surface area (Å²) in [5.41, 5.74) is 0.532. The fraction of sp³-hybridized carbons (Fsp3) is 0.500. The van der Waals surface area contributed by atoms with Crippen molar-refractivity contribution in [2.75, 3.05) is 14.2 Å². The Labute approximate surface area is 70.7 Å². The van der Waals surface area contributed by atoms with Crippen molar-refractivity contribution in [2.24, 2.45) is 0 Å². The average molecular weight is 169 g/mol. The van der Waals surface area contributed by atoms with E-state index < -0.39 is 0 Å². The lowest BCUT2D eigenvalue weighted by molar-refractivity contribution is -0.164. The van der Waals surface area contributed by atoms with Crippen LogP contribution in [0.1, 0.15) is 12.8 Å². The molecule has 0 bridgehead atoms. The number of hydrogen-bond acceptors (Lipinski definition) is 3. The zero-order valence-electron chi connectivity index (χ0n) is 7.16. The van der Waals surface area contributed by atoms with Crippen LogP contribution in [0.5, 0.6) is 0 Å². The zero-order valence-corrected chi connectivity index (χ0v) is 7.16. The minimum atomic E-state index is -0.233. The Morgan fingerprint density at radius 1 is 1.58 bits per heavy atom. The molecule has 4 nitrogen and oxygen atoms in total. The highest BCUT2D eigenvalue weighted by atomic mass is 16.7. The predicted molar refractivity (Wildman–Crippen MR) is 42.1 cm³/mol. The SMILES string of the molecule is CON(C)C(=O)C1=CC(=O)CC1. The number of rotatable bonds is 2. The molecule has 0 spiro atoms. The van der Waals surface area contributed by atoms with Gasteiger partial charge in [0.15, 0.2) is 5.78 Å². The van der Waals surface area contributed by atoms with Gasteiger partial charge in [0.2, 0.25) is 0 Å². The van der Waals surface area contributed by atoms with Crippen molar-refractivity contribution in [1.29, 1.82) is 0 Å². The summed E-state index contributed by atoms with van der Waals surface area (Å²) in [6.45, 7) is 0. The molecule has 0 fully saturated rings. The van der Waals surface area contributed by atoms with Crippen LogP contribution in [0.4, 0.5) is 0 Å². The zero-order chi connectivity index (χ0) is 9.14. The number of carbonyl (C=O) groups excluding carboxylic acids is 2. The largest absolute Gasteiger partial charge is 0.295 e. The standard InChI is InChI=1S/C8H11NO3/c1-9(12-2)8(11)6-3-4-7(10)5-6/h5H,3-4H2,1-2H3. The van der Waals surface area contributed by atoms with E-state index in [0.29, 0.717) is 18.4 Å². The van der Waals surface area contributed by atoms with E-state index in [0.717, 1.165) is 5.06 Å². The molecule has 1 rings (SSSR count). The van der Waals surface area contributed by atoms with E-state index in [-0.39, 0.29) is 11.7 Å². The minimum Gasteiger partial charge on any atom is -0.295 e. The van der Waals surface area contributed by atoms with Crippen molar-refractivity contribution in [1.82, 2.24) is 5.06 Å². The van der Waals surface area contributed by atoms with E-state index in [9.17, 15) is 9.59 Å². The Kier molecular flexibility index (Phi) is 2.60. The highest BCUT2D eigenvalue weighted by Crippen LogP contribution is 2.16. The molecule has 4 heteroatoms. The summed E-state index contributed by atoms with van der Waals surface area (Å²) in [6, 6.07) is 0. The van der Waals surface area contributed by atoms with Gasteiger partial charge in [0.1, 0.15) is 0 Å². The third kappa shape index (κ3) is 1.71. The highest BCUT2D eigenvalue weighted by Gasteiger charge is 2.20. The number of likely N-dealkylation sites (N-methyl/N-ethyl adjacent to an activating group) is 1. The number of hydroxylamine groups is 2. The fourth-order valence-electron chi connectivity index (χ4n) is 1.05. The Hall–Kier alpha value is -1.16. The quantitative estimate of drug-likeness (QED) is 0.558. The molecule has 0 aromatic heterocycles. The molecule has 0 aromatic rings. The molecule has 0 unspecified atom stereocenters. The lowest BCUT2D eigenvalue weighted by Gasteiger charge is -2.13. The summed E-state index contributed by atoms with van der Waals surface area (Å²) >= 11 is 0. The molecule has 66 valence electrons. The summed E-state index contributed by atoms with van der Waals surface area (Å²) in [7, 11) is 2.93. The normalized spacial score (nSPS) is 16.2. The summed E-state index contributed by atoms with van der Waals surface area (Å²) in [5.74, 6) is -0.216. The van der Waals surface area contributed by atoms with Gasteiger partial charge >= 0.3 is 0 Å². The lowest BCUT2D eigenvalue weighted by atomic mass is 10.2. The van der Waals surface area contributed by atoms with Gasteiger partial charge in [-0.3, -0.25) is 14.4 Å². The molecule has 0 aliphatic heterocycles. The van der Waals surface area contributed by atoms with Crippen molar-refractivity contribution >= 4 is 11.7 Å². The van der Waals surface area contributed by atoms with Crippen LogP contribution in [0.2, 0.25) is 0 Å². The topological polar surface area (TPSA) is 46.6 Å². The number of nitrogens with zero attached hydrogens (tertiary/aromatic N) is 1. The molecule has 1 aliphatic carbocycles. The first-order chi connectivity index (χ1) is 5.65. The Bertz CT molecular complexity index is 245. The molecule has 1 aliphatic rings. The van der Waals surface area contributed by atoms with Crippen LogP contribution >= 0.6 is 0 Å². The van der Waals surface area contributed by atoms with Gasteiger partial charge in [-0.2, -0.15) is 0 Å². The maximum absolute atomic E-state index is 11.3. The van der Waals surface area contributed by atoms with E-state index in [1.165, 1.54) is 20.2 Å². The summed E-state index contributed by atoms with van der Waals surface area (Å²) < 4.78 is 0. The third-order valence-electron chi connectivity index (χ3n) is 1.81. The van der Waals surface area contributed by atoms with Gasteiger partial charge < -0.3 is 0 Å². The third-order valence-corrected chi connectivity index (χ3v) is 1.81. The predicted octanol–water partition coefficient (Wildman–Crippen LogP) is 0.295. The molecule has 0 atom stereocenters. The maximum Gasteiger partial charge on any atom is 0.273 e. The van der Waals surface area contributed by atoms with Crippen molar-refractivity contribution in [3.8, 4) is 0 Å². The molecule has 12 heavy (non-hydrogen) atoms. The van der Waals surface area contributed by atoms with Crippen molar-refractivity contribution in [3.05, 3.63) is 11.6 Å². The van der Waals surface area contributed by atoms with Gasteiger partial charge in [-0.1, -0.05) is 0 Å². The maximum atomic E-state index is 11.3. The van der Waals surface area contributed by atoms with Gasteiger partial charge in [-0.05, 0) is 12.5 Å². The van der Waals surface area contributed by atoms with Crippen LogP contribution in [0.25, 0.3) is 0 Å². The Balaban J connectivity index is 2.65. The van der Waals surface area contributed by atoms with Gasteiger partial charge in [0.25, 0.3) is 5.91 Å². The molecule has 0 saturated heterocycles. The molecule has 0 N–H and O–H groups in total. The highest BCUT2D eigenvalue weighted by molar-refractivity contribution is 6.04. The number of carbonyl (C=O) groups is 2. The van der Waals surface area contributed by atoms with E-state index in [1.807, 2.05) is 0 Å². The second kappa shape index (κ2) is 3.49. The van der Waals surface area contributed by atoms with Crippen molar-refractivity contribution < 1.29 is 14.4 Å². The van der Waals surface area contributed by atoms with Crippen LogP contribution in [0.3, 0.4) is 0 Å². The second-order valence-electron chi connectivity index (χ2n) is 2.62. The molecule has 0 saturated carbocycles. The number of hydrogen-bond donors (Lipinski definition) is 0. The van der Waals surface area contributed by atoms with E-state index in [2.05, 4.69) is 0 Å². The van der Waals surface area contributed by atoms with Gasteiger partial charge in [0.05, 0.1) is 7.11 Å². The number of amides is 1. The number of allylic oxidation sites excluding steroid dienone is 1. The Morgan fingerprint density at radius 3 is 2.67 bits per heavy atom. The van der Waals surface area contributed by atoms with E-state index in [4.69, 9.17) is 4.84 Å². The van der Waals surface area contributed by atoms with Crippen LogP contribution in [-0.2, 0) is 14.4 Å². The van der Waals surface area contributed by atoms with Crippen molar-refractivity contribution in [2.45, 2.75) is 12.8 Å². The second-order valence-corrected chi connectivity index (χ2v) is 2.62. The van der Waals surface area contributed by atoms with Crippen LogP contribution in [0.15, 0.2) is 11.6 Å².